The first-order chi connectivity index (χ1) is 13.6. The summed E-state index contributed by atoms with van der Waals surface area (Å²) in [7, 11) is 1.37. The summed E-state index contributed by atoms with van der Waals surface area (Å²) in [6.45, 7) is 1.93. The lowest BCUT2D eigenvalue weighted by Crippen LogP contribution is -2.21. The molecular formula is C22H19N3O3. The molecule has 140 valence electrons. The molecule has 1 aromatic heterocycles. The Morgan fingerprint density at radius 1 is 1.11 bits per heavy atom. The molecule has 2 aromatic carbocycles. The van der Waals surface area contributed by atoms with Crippen molar-refractivity contribution in [2.75, 3.05) is 12.1 Å². The van der Waals surface area contributed by atoms with Gasteiger partial charge in [-0.3, -0.25) is 9.59 Å². The number of methoxy groups -OCH3 is 1. The molecule has 0 saturated heterocycles. The zero-order valence-electron chi connectivity index (χ0n) is 15.6. The molecule has 6 nitrogen and oxygen atoms in total. The van der Waals surface area contributed by atoms with Crippen LogP contribution in [0.1, 0.15) is 12.5 Å². The number of hydrogen-bond donors (Lipinski definition) is 0. The van der Waals surface area contributed by atoms with Crippen molar-refractivity contribution in [3.63, 3.8) is 0 Å². The average Bonchev–Trinajstić information content (AvgIpc) is 3.21. The van der Waals surface area contributed by atoms with Gasteiger partial charge in [-0.2, -0.15) is 10.1 Å². The van der Waals surface area contributed by atoms with E-state index in [9.17, 15) is 9.59 Å². The van der Waals surface area contributed by atoms with Crippen LogP contribution in [-0.2, 0) is 20.9 Å². The van der Waals surface area contributed by atoms with Crippen molar-refractivity contribution in [1.82, 2.24) is 4.57 Å². The summed E-state index contributed by atoms with van der Waals surface area (Å²) in [4.78, 5) is 24.7. The molecule has 1 aliphatic rings. The fourth-order valence-electron chi connectivity index (χ4n) is 3.31. The maximum absolute atomic E-state index is 12.9. The Hall–Kier alpha value is -3.67. The monoisotopic (exact) mass is 373 g/mol. The van der Waals surface area contributed by atoms with E-state index in [1.165, 1.54) is 12.1 Å². The lowest BCUT2D eigenvalue weighted by molar-refractivity contribution is -0.141. The number of nitrogens with zero attached hydrogens (tertiary/aromatic N) is 3. The van der Waals surface area contributed by atoms with Crippen LogP contribution in [0.25, 0.3) is 17.0 Å². The van der Waals surface area contributed by atoms with Crippen LogP contribution in [0.2, 0.25) is 0 Å². The highest BCUT2D eigenvalue weighted by Gasteiger charge is 2.29. The van der Waals surface area contributed by atoms with Crippen LogP contribution in [0.5, 0.6) is 0 Å². The number of hydrazone groups is 1. The quantitative estimate of drug-likeness (QED) is 0.518. The summed E-state index contributed by atoms with van der Waals surface area (Å²) in [5, 5.41) is 6.78. The number of fused-ring (bicyclic) bond motifs is 1. The summed E-state index contributed by atoms with van der Waals surface area (Å²) in [6, 6.07) is 17.1. The number of benzene rings is 2. The zero-order chi connectivity index (χ0) is 19.7. The number of carbonyl (C=O) groups excluding carboxylic acids is 2. The number of anilines is 1. The summed E-state index contributed by atoms with van der Waals surface area (Å²) in [5.41, 5.74) is 3.67. The minimum absolute atomic E-state index is 0.108. The van der Waals surface area contributed by atoms with Gasteiger partial charge in [0.25, 0.3) is 5.91 Å². The van der Waals surface area contributed by atoms with Gasteiger partial charge in [0.2, 0.25) is 0 Å². The topological polar surface area (TPSA) is 63.9 Å². The second-order valence-electron chi connectivity index (χ2n) is 6.50. The van der Waals surface area contributed by atoms with E-state index >= 15 is 0 Å². The Kier molecular flexibility index (Phi) is 4.53. The molecule has 0 atom stereocenters. The third kappa shape index (κ3) is 3.09. The predicted molar refractivity (Wildman–Crippen MR) is 109 cm³/mol. The first-order valence-corrected chi connectivity index (χ1v) is 8.90. The standard InChI is InChI=1S/C22H19N3O3/c1-15-19(22(27)25(23-15)17-8-4-3-5-9-17)12-16-13-24(14-21(26)28-2)20-11-7-6-10-18(16)20/h3-13H,14H2,1-2H3/b19-12+. The maximum Gasteiger partial charge on any atom is 0.325 e. The smallest absolute Gasteiger partial charge is 0.325 e. The number of esters is 1. The second-order valence-corrected chi connectivity index (χ2v) is 6.50. The molecule has 6 heteroatoms. The minimum Gasteiger partial charge on any atom is -0.468 e. The zero-order valence-corrected chi connectivity index (χ0v) is 15.6. The fourth-order valence-corrected chi connectivity index (χ4v) is 3.31. The number of rotatable bonds is 4. The van der Waals surface area contributed by atoms with Crippen LogP contribution in [0.15, 0.2) is 71.5 Å². The molecule has 0 N–H and O–H groups in total. The third-order valence-corrected chi connectivity index (χ3v) is 4.71. The van der Waals surface area contributed by atoms with Crippen molar-refractivity contribution in [1.29, 1.82) is 0 Å². The van der Waals surface area contributed by atoms with Crippen molar-refractivity contribution in [2.45, 2.75) is 13.5 Å². The Balaban J connectivity index is 1.75. The number of aromatic nitrogens is 1. The molecule has 2 heterocycles. The number of amides is 1. The van der Waals surface area contributed by atoms with Crippen LogP contribution < -0.4 is 5.01 Å². The lowest BCUT2D eigenvalue weighted by Gasteiger charge is -2.10. The SMILES string of the molecule is COC(=O)Cn1cc(/C=C2/C(=O)N(c3ccccc3)N=C2C)c2ccccc21. The summed E-state index contributed by atoms with van der Waals surface area (Å²) >= 11 is 0. The highest BCUT2D eigenvalue weighted by atomic mass is 16.5. The molecule has 1 amide bonds. The molecule has 0 fully saturated rings. The number of carbonyl (C=O) groups is 2. The van der Waals surface area contributed by atoms with Crippen molar-refractivity contribution in [3.05, 3.63) is 71.9 Å². The Morgan fingerprint density at radius 2 is 1.82 bits per heavy atom. The van der Waals surface area contributed by atoms with E-state index < -0.39 is 0 Å². The maximum atomic E-state index is 12.9. The minimum atomic E-state index is -0.329. The first kappa shape index (κ1) is 17.7. The fraction of sp³-hybridized carbons (Fsp3) is 0.136. The highest BCUT2D eigenvalue weighted by Crippen LogP contribution is 2.28. The molecule has 3 aromatic rings. The number of hydrogen-bond acceptors (Lipinski definition) is 4. The Labute approximate surface area is 162 Å². The molecule has 0 spiro atoms. The van der Waals surface area contributed by atoms with Gasteiger partial charge in [-0.1, -0.05) is 36.4 Å². The van der Waals surface area contributed by atoms with Gasteiger partial charge < -0.3 is 9.30 Å². The van der Waals surface area contributed by atoms with Gasteiger partial charge in [-0.05, 0) is 31.2 Å². The van der Waals surface area contributed by atoms with Crippen molar-refractivity contribution in [2.24, 2.45) is 5.10 Å². The van der Waals surface area contributed by atoms with Crippen molar-refractivity contribution in [3.8, 4) is 0 Å². The second kappa shape index (κ2) is 7.15. The van der Waals surface area contributed by atoms with Gasteiger partial charge in [0.15, 0.2) is 0 Å². The molecule has 0 radical (unpaired) electrons. The first-order valence-electron chi connectivity index (χ1n) is 8.90. The van der Waals surface area contributed by atoms with Gasteiger partial charge >= 0.3 is 5.97 Å². The molecule has 0 bridgehead atoms. The van der Waals surface area contributed by atoms with Crippen LogP contribution in [-0.4, -0.2) is 29.3 Å². The molecular weight excluding hydrogens is 354 g/mol. The van der Waals surface area contributed by atoms with Gasteiger partial charge in [0.05, 0.1) is 24.1 Å². The van der Waals surface area contributed by atoms with E-state index in [0.717, 1.165) is 22.2 Å². The third-order valence-electron chi connectivity index (χ3n) is 4.71. The van der Waals surface area contributed by atoms with Crippen LogP contribution in [0.3, 0.4) is 0 Å². The van der Waals surface area contributed by atoms with Crippen LogP contribution in [0.4, 0.5) is 5.69 Å². The molecule has 0 aliphatic carbocycles. The van der Waals surface area contributed by atoms with E-state index in [1.807, 2.05) is 78.4 Å². The predicted octanol–water partition coefficient (Wildman–Crippen LogP) is 3.62. The summed E-state index contributed by atoms with van der Waals surface area (Å²) in [5.74, 6) is -0.501. The van der Waals surface area contributed by atoms with E-state index in [2.05, 4.69) is 5.10 Å². The largest absolute Gasteiger partial charge is 0.468 e. The van der Waals surface area contributed by atoms with E-state index in [1.54, 1.807) is 0 Å². The summed E-state index contributed by atoms with van der Waals surface area (Å²) in [6.07, 6.45) is 3.69. The van der Waals surface area contributed by atoms with E-state index in [0.29, 0.717) is 11.3 Å². The number of para-hydroxylation sites is 2. The summed E-state index contributed by atoms with van der Waals surface area (Å²) < 4.78 is 6.62. The number of ether oxygens (including phenoxy) is 1. The molecule has 28 heavy (non-hydrogen) atoms. The van der Waals surface area contributed by atoms with Crippen LogP contribution >= 0.6 is 0 Å². The van der Waals surface area contributed by atoms with Crippen LogP contribution in [0, 0.1) is 0 Å². The van der Waals surface area contributed by atoms with Gasteiger partial charge in [-0.15, -0.1) is 0 Å². The normalized spacial score (nSPS) is 15.4. The van der Waals surface area contributed by atoms with E-state index in [4.69, 9.17) is 4.74 Å². The Bertz CT molecular complexity index is 1130. The lowest BCUT2D eigenvalue weighted by atomic mass is 10.1. The van der Waals surface area contributed by atoms with Gasteiger partial charge in [0.1, 0.15) is 6.54 Å². The molecule has 1 aliphatic heterocycles. The van der Waals surface area contributed by atoms with Crippen molar-refractivity contribution >= 4 is 40.3 Å². The van der Waals surface area contributed by atoms with Gasteiger partial charge in [-0.25, -0.2) is 0 Å². The van der Waals surface area contributed by atoms with E-state index in [-0.39, 0.29) is 18.4 Å². The average molecular weight is 373 g/mol. The van der Waals surface area contributed by atoms with Gasteiger partial charge in [0, 0.05) is 22.7 Å². The molecule has 0 saturated carbocycles. The van der Waals surface area contributed by atoms with Crippen molar-refractivity contribution < 1.29 is 14.3 Å². The molecule has 0 unspecified atom stereocenters. The Morgan fingerprint density at radius 3 is 2.57 bits per heavy atom. The molecule has 4 rings (SSSR count). The highest BCUT2D eigenvalue weighted by molar-refractivity contribution is 6.32.